The number of hydrogen-bond donors (Lipinski definition) is 2. The summed E-state index contributed by atoms with van der Waals surface area (Å²) in [4.78, 5) is 41.2. The van der Waals surface area contributed by atoms with Crippen LogP contribution >= 0.6 is 0 Å². The maximum atomic E-state index is 13.2. The summed E-state index contributed by atoms with van der Waals surface area (Å²) >= 11 is 0. The zero-order chi connectivity index (χ0) is 28.6. The minimum Gasteiger partial charge on any atom is -0.378 e. The van der Waals surface area contributed by atoms with E-state index in [1.807, 2.05) is 29.2 Å². The van der Waals surface area contributed by atoms with Crippen molar-refractivity contribution in [3.05, 3.63) is 47.7 Å². The van der Waals surface area contributed by atoms with Gasteiger partial charge < -0.3 is 20.3 Å². The highest BCUT2D eigenvalue weighted by Gasteiger charge is 2.31. The van der Waals surface area contributed by atoms with E-state index in [-0.39, 0.29) is 29.8 Å². The Kier molecular flexibility index (Phi) is 10.1. The van der Waals surface area contributed by atoms with E-state index in [1.54, 1.807) is 0 Å². The molecule has 3 aliphatic heterocycles. The summed E-state index contributed by atoms with van der Waals surface area (Å²) in [6, 6.07) is 8.03. The number of ether oxygens (including phenoxy) is 1. The smallest absolute Gasteiger partial charge is 0.234 e. The number of nitrogens with zero attached hydrogens (tertiary/aromatic N) is 2. The first-order chi connectivity index (χ1) is 19.9. The van der Waals surface area contributed by atoms with Crippen molar-refractivity contribution in [2.75, 3.05) is 32.8 Å². The molecule has 3 N–H and O–H groups in total. The average Bonchev–Trinajstić information content (AvgIpc) is 2.99. The largest absolute Gasteiger partial charge is 0.378 e. The molecule has 1 saturated carbocycles. The van der Waals surface area contributed by atoms with Gasteiger partial charge in [-0.2, -0.15) is 0 Å². The lowest BCUT2D eigenvalue weighted by Crippen LogP contribution is -2.46. The van der Waals surface area contributed by atoms with Crippen LogP contribution in [-0.4, -0.2) is 72.5 Å². The van der Waals surface area contributed by atoms with Gasteiger partial charge in [0.2, 0.25) is 17.7 Å². The molecule has 0 bridgehead atoms. The van der Waals surface area contributed by atoms with Crippen molar-refractivity contribution in [2.45, 2.75) is 82.3 Å². The van der Waals surface area contributed by atoms with E-state index in [0.29, 0.717) is 37.3 Å². The molecular weight excluding hydrogens is 516 g/mol. The number of piperidine rings is 3. The van der Waals surface area contributed by atoms with Gasteiger partial charge in [0, 0.05) is 50.1 Å². The van der Waals surface area contributed by atoms with Gasteiger partial charge in [-0.15, -0.1) is 0 Å². The molecule has 3 saturated heterocycles. The lowest BCUT2D eigenvalue weighted by molar-refractivity contribution is -0.139. The predicted molar refractivity (Wildman–Crippen MR) is 157 cm³/mol. The highest BCUT2D eigenvalue weighted by atomic mass is 16.5. The van der Waals surface area contributed by atoms with Crippen molar-refractivity contribution >= 4 is 17.7 Å². The van der Waals surface area contributed by atoms with Gasteiger partial charge in [0.05, 0.1) is 12.0 Å². The molecule has 3 heterocycles. The summed E-state index contributed by atoms with van der Waals surface area (Å²) in [7, 11) is 0. The summed E-state index contributed by atoms with van der Waals surface area (Å²) < 4.78 is 6.02. The second kappa shape index (κ2) is 14.2. The number of allylic oxidation sites excluding steroid dienone is 1. The molecule has 220 valence electrons. The molecule has 1 aromatic rings. The Morgan fingerprint density at radius 1 is 1.00 bits per heavy atom. The SMILES string of the molecule is NC1CCC(/C=C/N2CCC(C(=O)N3CCC(OCC#Cc4cccc(C5CCC(=O)NC5=O)c4)CC3)CC2)CC1. The molecule has 5 rings (SSSR count). The molecule has 1 aliphatic carbocycles. The number of hydrogen-bond acceptors (Lipinski definition) is 6. The number of amides is 3. The standard InChI is InChI=1S/C33H44N4O4/c34-28-8-6-24(7-9-28)12-17-36-18-13-26(14-19-36)33(40)37-20-15-29(16-21-37)41-22-2-4-25-3-1-5-27(23-25)30-10-11-31(38)35-32(30)39/h1,3,5,12,17,23-24,26,28-30H,6-11,13-16,18-22,34H2,(H,35,38,39)/b17-12+. The normalized spacial score (nSPS) is 26.5. The zero-order valence-electron chi connectivity index (χ0n) is 24.1. The lowest BCUT2D eigenvalue weighted by atomic mass is 9.86. The Morgan fingerprint density at radius 2 is 1.76 bits per heavy atom. The minimum absolute atomic E-state index is 0.115. The van der Waals surface area contributed by atoms with Crippen LogP contribution in [0.2, 0.25) is 0 Å². The van der Waals surface area contributed by atoms with Gasteiger partial charge in [0.25, 0.3) is 0 Å². The van der Waals surface area contributed by atoms with E-state index in [9.17, 15) is 14.4 Å². The Morgan fingerprint density at radius 3 is 2.49 bits per heavy atom. The average molecular weight is 561 g/mol. The number of imide groups is 1. The molecule has 1 aromatic carbocycles. The van der Waals surface area contributed by atoms with Crippen molar-refractivity contribution in [3.63, 3.8) is 0 Å². The summed E-state index contributed by atoms with van der Waals surface area (Å²) in [5.74, 6) is 6.57. The third-order valence-electron chi connectivity index (χ3n) is 9.17. The summed E-state index contributed by atoms with van der Waals surface area (Å²) in [5, 5.41) is 2.42. The highest BCUT2D eigenvalue weighted by Crippen LogP contribution is 2.27. The van der Waals surface area contributed by atoms with Crippen LogP contribution in [0, 0.1) is 23.7 Å². The van der Waals surface area contributed by atoms with Crippen LogP contribution in [0.25, 0.3) is 0 Å². The third kappa shape index (κ3) is 8.21. The molecule has 8 heteroatoms. The van der Waals surface area contributed by atoms with E-state index >= 15 is 0 Å². The van der Waals surface area contributed by atoms with Gasteiger partial charge in [-0.25, -0.2) is 0 Å². The van der Waals surface area contributed by atoms with Crippen LogP contribution in [0.5, 0.6) is 0 Å². The summed E-state index contributed by atoms with van der Waals surface area (Å²) in [5.41, 5.74) is 7.74. The highest BCUT2D eigenvalue weighted by molar-refractivity contribution is 6.00. The van der Waals surface area contributed by atoms with Gasteiger partial charge in [0.15, 0.2) is 0 Å². The van der Waals surface area contributed by atoms with Gasteiger partial charge >= 0.3 is 0 Å². The van der Waals surface area contributed by atoms with Crippen molar-refractivity contribution in [1.29, 1.82) is 0 Å². The molecule has 4 fully saturated rings. The van der Waals surface area contributed by atoms with Crippen molar-refractivity contribution < 1.29 is 19.1 Å². The van der Waals surface area contributed by atoms with Gasteiger partial charge in [-0.3, -0.25) is 19.7 Å². The van der Waals surface area contributed by atoms with Crippen LogP contribution < -0.4 is 11.1 Å². The predicted octanol–water partition coefficient (Wildman–Crippen LogP) is 3.31. The fourth-order valence-corrected chi connectivity index (χ4v) is 6.52. The molecule has 1 atom stereocenters. The molecule has 8 nitrogen and oxygen atoms in total. The fourth-order valence-electron chi connectivity index (χ4n) is 6.52. The second-order valence-corrected chi connectivity index (χ2v) is 12.1. The Bertz CT molecular complexity index is 1160. The number of rotatable bonds is 6. The minimum atomic E-state index is -0.311. The van der Waals surface area contributed by atoms with Crippen LogP contribution in [0.15, 0.2) is 36.5 Å². The Balaban J connectivity index is 0.996. The molecule has 3 amide bonds. The van der Waals surface area contributed by atoms with E-state index < -0.39 is 0 Å². The molecule has 1 unspecified atom stereocenters. The zero-order valence-corrected chi connectivity index (χ0v) is 24.1. The monoisotopic (exact) mass is 560 g/mol. The molecule has 0 aromatic heterocycles. The number of nitrogens with two attached hydrogens (primary N) is 1. The van der Waals surface area contributed by atoms with Gasteiger partial charge in [0.1, 0.15) is 6.61 Å². The topological polar surface area (TPSA) is 105 Å². The van der Waals surface area contributed by atoms with Gasteiger partial charge in [-0.1, -0.05) is 30.0 Å². The van der Waals surface area contributed by atoms with Crippen molar-refractivity contribution in [2.24, 2.45) is 17.6 Å². The first-order valence-electron chi connectivity index (χ1n) is 15.5. The number of likely N-dealkylation sites (tertiary alicyclic amines) is 2. The number of benzene rings is 1. The molecule has 41 heavy (non-hydrogen) atoms. The van der Waals surface area contributed by atoms with E-state index in [0.717, 1.165) is 75.8 Å². The number of carbonyl (C=O) groups excluding carboxylic acids is 3. The van der Waals surface area contributed by atoms with E-state index in [4.69, 9.17) is 10.5 Å². The van der Waals surface area contributed by atoms with Crippen LogP contribution in [0.1, 0.15) is 81.3 Å². The second-order valence-electron chi connectivity index (χ2n) is 12.1. The maximum absolute atomic E-state index is 13.2. The molecule has 4 aliphatic rings. The van der Waals surface area contributed by atoms with Gasteiger partial charge in [-0.05, 0) is 87.6 Å². The number of carbonyl (C=O) groups is 3. The molecular formula is C33H44N4O4. The lowest BCUT2D eigenvalue weighted by Gasteiger charge is -2.37. The van der Waals surface area contributed by atoms with Crippen LogP contribution in [-0.2, 0) is 19.1 Å². The number of nitrogens with one attached hydrogen (secondary N) is 1. The van der Waals surface area contributed by atoms with Crippen molar-refractivity contribution in [1.82, 2.24) is 15.1 Å². The fraction of sp³-hybridized carbons (Fsp3) is 0.606. The van der Waals surface area contributed by atoms with E-state index in [2.05, 4.69) is 34.3 Å². The molecule has 0 spiro atoms. The van der Waals surface area contributed by atoms with Crippen LogP contribution in [0.3, 0.4) is 0 Å². The van der Waals surface area contributed by atoms with E-state index in [1.165, 1.54) is 12.8 Å². The molecule has 0 radical (unpaired) electrons. The Hall–Kier alpha value is -3.15. The summed E-state index contributed by atoms with van der Waals surface area (Å²) in [6.07, 6.45) is 13.8. The third-order valence-corrected chi connectivity index (χ3v) is 9.17. The van der Waals surface area contributed by atoms with Crippen molar-refractivity contribution in [3.8, 4) is 11.8 Å². The first kappa shape index (κ1) is 29.3. The Labute approximate surface area is 244 Å². The summed E-state index contributed by atoms with van der Waals surface area (Å²) in [6.45, 7) is 3.73. The quantitative estimate of drug-likeness (QED) is 0.409. The maximum Gasteiger partial charge on any atom is 0.234 e. The first-order valence-corrected chi connectivity index (χ1v) is 15.5. The van der Waals surface area contributed by atoms with Crippen LogP contribution in [0.4, 0.5) is 0 Å².